The van der Waals surface area contributed by atoms with E-state index in [1.165, 1.54) is 0 Å². The molecule has 0 aromatic carbocycles. The second-order valence-corrected chi connectivity index (χ2v) is 5.01. The van der Waals surface area contributed by atoms with Crippen molar-refractivity contribution in [2.75, 3.05) is 41.8 Å². The van der Waals surface area contributed by atoms with Gasteiger partial charge in [0, 0.05) is 18.7 Å². The molecule has 0 saturated carbocycles. The fraction of sp³-hybridized carbons (Fsp3) is 0.357. The molecule has 1 fully saturated rings. The fourth-order valence-corrected chi connectivity index (χ4v) is 2.19. The van der Waals surface area contributed by atoms with Gasteiger partial charge in [0.2, 0.25) is 0 Å². The number of amides is 2. The number of nitrogens with one attached hydrogen (secondary N) is 3. The second-order valence-electron chi connectivity index (χ2n) is 5.01. The Bertz CT molecular complexity index is 633. The second kappa shape index (κ2) is 6.44. The number of aromatic amines is 1. The number of H-pyrrole nitrogens is 1. The lowest BCUT2D eigenvalue weighted by molar-refractivity contribution is 0.122. The molecule has 2 aromatic heterocycles. The van der Waals surface area contributed by atoms with Crippen molar-refractivity contribution >= 4 is 23.4 Å². The lowest BCUT2D eigenvalue weighted by Crippen LogP contribution is -2.36. The molecular weight excluding hydrogens is 284 g/mol. The summed E-state index contributed by atoms with van der Waals surface area (Å²) in [6, 6.07) is 3.38. The third-order valence-corrected chi connectivity index (χ3v) is 3.41. The van der Waals surface area contributed by atoms with Crippen LogP contribution in [0.4, 0.5) is 22.1 Å². The highest BCUT2D eigenvalue weighted by Crippen LogP contribution is 2.16. The molecule has 2 amide bonds. The molecule has 3 heterocycles. The molecule has 1 aliphatic rings. The summed E-state index contributed by atoms with van der Waals surface area (Å²) in [4.78, 5) is 18.4. The number of hydrogen-bond donors (Lipinski definition) is 3. The largest absolute Gasteiger partial charge is 0.378 e. The van der Waals surface area contributed by atoms with Gasteiger partial charge in [0.05, 0.1) is 31.3 Å². The first kappa shape index (κ1) is 14.3. The smallest absolute Gasteiger partial charge is 0.324 e. The van der Waals surface area contributed by atoms with E-state index in [9.17, 15) is 4.79 Å². The summed E-state index contributed by atoms with van der Waals surface area (Å²) in [5.74, 6) is 1.47. The van der Waals surface area contributed by atoms with Crippen molar-refractivity contribution in [2.24, 2.45) is 0 Å². The highest BCUT2D eigenvalue weighted by Gasteiger charge is 2.12. The monoisotopic (exact) mass is 302 g/mol. The van der Waals surface area contributed by atoms with Crippen LogP contribution in [0.25, 0.3) is 0 Å². The summed E-state index contributed by atoms with van der Waals surface area (Å²) in [6.07, 6.45) is 3.29. The van der Waals surface area contributed by atoms with Gasteiger partial charge in [-0.15, -0.1) is 0 Å². The van der Waals surface area contributed by atoms with Crippen LogP contribution in [0.2, 0.25) is 0 Å². The zero-order valence-electron chi connectivity index (χ0n) is 12.3. The molecule has 116 valence electrons. The van der Waals surface area contributed by atoms with Crippen LogP contribution in [-0.2, 0) is 4.74 Å². The molecule has 2 aromatic rings. The number of nitrogens with zero attached hydrogens (tertiary/aromatic N) is 3. The van der Waals surface area contributed by atoms with Gasteiger partial charge in [0.15, 0.2) is 0 Å². The third-order valence-electron chi connectivity index (χ3n) is 3.41. The summed E-state index contributed by atoms with van der Waals surface area (Å²) in [7, 11) is 0. The normalized spacial score (nSPS) is 14.7. The van der Waals surface area contributed by atoms with Crippen LogP contribution >= 0.6 is 0 Å². The molecule has 22 heavy (non-hydrogen) atoms. The number of anilines is 3. The molecule has 8 heteroatoms. The molecule has 3 rings (SSSR count). The molecule has 1 saturated heterocycles. The van der Waals surface area contributed by atoms with Gasteiger partial charge in [-0.05, 0) is 19.1 Å². The summed E-state index contributed by atoms with van der Waals surface area (Å²) < 4.78 is 5.31. The van der Waals surface area contributed by atoms with Crippen LogP contribution < -0.4 is 15.5 Å². The third kappa shape index (κ3) is 3.34. The SMILES string of the molecule is Cc1cn[nH]c1NC(=O)Nc1ccc(N2CCOCC2)nc1. The van der Waals surface area contributed by atoms with Crippen LogP contribution in [0.15, 0.2) is 24.5 Å². The van der Waals surface area contributed by atoms with Gasteiger partial charge in [-0.3, -0.25) is 10.4 Å². The van der Waals surface area contributed by atoms with E-state index in [0.29, 0.717) is 24.7 Å². The molecule has 8 nitrogen and oxygen atoms in total. The zero-order chi connectivity index (χ0) is 15.4. The molecule has 0 unspecified atom stereocenters. The standard InChI is InChI=1S/C14H18N6O2/c1-10-8-16-19-13(10)18-14(21)17-11-2-3-12(15-9-11)20-4-6-22-7-5-20/h2-3,8-9H,4-7H2,1H3,(H3,16,17,18,19,21). The van der Waals surface area contributed by atoms with Crippen LogP contribution in [0.5, 0.6) is 0 Å². The number of carbonyl (C=O) groups excluding carboxylic acids is 1. The highest BCUT2D eigenvalue weighted by atomic mass is 16.5. The number of rotatable bonds is 3. The Kier molecular flexibility index (Phi) is 4.19. The highest BCUT2D eigenvalue weighted by molar-refractivity contribution is 5.99. The van der Waals surface area contributed by atoms with Gasteiger partial charge in [-0.1, -0.05) is 0 Å². The van der Waals surface area contributed by atoms with E-state index in [0.717, 1.165) is 24.5 Å². The lowest BCUT2D eigenvalue weighted by Gasteiger charge is -2.27. The molecular formula is C14H18N6O2. The first-order valence-corrected chi connectivity index (χ1v) is 7.09. The Balaban J connectivity index is 1.58. The number of urea groups is 1. The Hall–Kier alpha value is -2.61. The quantitative estimate of drug-likeness (QED) is 0.800. The number of aryl methyl sites for hydroxylation is 1. The molecule has 0 aliphatic carbocycles. The van der Waals surface area contributed by atoms with E-state index in [1.54, 1.807) is 12.4 Å². The molecule has 0 radical (unpaired) electrons. The van der Waals surface area contributed by atoms with Crippen molar-refractivity contribution in [3.05, 3.63) is 30.1 Å². The summed E-state index contributed by atoms with van der Waals surface area (Å²) >= 11 is 0. The van der Waals surface area contributed by atoms with Crippen molar-refractivity contribution in [3.8, 4) is 0 Å². The molecule has 1 aliphatic heterocycles. The van der Waals surface area contributed by atoms with E-state index in [1.807, 2.05) is 19.1 Å². The minimum absolute atomic E-state index is 0.340. The molecule has 0 bridgehead atoms. The fourth-order valence-electron chi connectivity index (χ4n) is 2.19. The average molecular weight is 302 g/mol. The number of hydrogen-bond acceptors (Lipinski definition) is 5. The van der Waals surface area contributed by atoms with Crippen molar-refractivity contribution in [1.82, 2.24) is 15.2 Å². The number of carbonyl (C=O) groups is 1. The maximum atomic E-state index is 11.9. The topological polar surface area (TPSA) is 95.2 Å². The van der Waals surface area contributed by atoms with E-state index in [4.69, 9.17) is 4.74 Å². The van der Waals surface area contributed by atoms with Gasteiger partial charge in [-0.2, -0.15) is 5.10 Å². The predicted molar refractivity (Wildman–Crippen MR) is 83.2 cm³/mol. The summed E-state index contributed by atoms with van der Waals surface area (Å²) in [5.41, 5.74) is 1.50. The van der Waals surface area contributed by atoms with Gasteiger partial charge in [0.1, 0.15) is 11.6 Å². The van der Waals surface area contributed by atoms with Crippen LogP contribution in [0, 0.1) is 6.92 Å². The predicted octanol–water partition coefficient (Wildman–Crippen LogP) is 1.59. The molecule has 0 atom stereocenters. The zero-order valence-corrected chi connectivity index (χ0v) is 12.3. The first-order chi connectivity index (χ1) is 10.7. The minimum atomic E-state index is -0.340. The number of pyridine rings is 1. The lowest BCUT2D eigenvalue weighted by atomic mass is 10.3. The van der Waals surface area contributed by atoms with E-state index >= 15 is 0 Å². The van der Waals surface area contributed by atoms with Crippen molar-refractivity contribution in [1.29, 1.82) is 0 Å². The van der Waals surface area contributed by atoms with Gasteiger partial charge >= 0.3 is 6.03 Å². The van der Waals surface area contributed by atoms with Crippen molar-refractivity contribution < 1.29 is 9.53 Å². The Labute approximate surface area is 127 Å². The summed E-state index contributed by atoms with van der Waals surface area (Å²) in [5, 5.41) is 12.0. The minimum Gasteiger partial charge on any atom is -0.378 e. The van der Waals surface area contributed by atoms with E-state index in [2.05, 4.69) is 30.7 Å². The summed E-state index contributed by atoms with van der Waals surface area (Å²) in [6.45, 7) is 4.96. The van der Waals surface area contributed by atoms with E-state index in [-0.39, 0.29) is 6.03 Å². The van der Waals surface area contributed by atoms with Gasteiger partial charge in [0.25, 0.3) is 0 Å². The number of morpholine rings is 1. The number of ether oxygens (including phenoxy) is 1. The van der Waals surface area contributed by atoms with Crippen molar-refractivity contribution in [2.45, 2.75) is 6.92 Å². The van der Waals surface area contributed by atoms with E-state index < -0.39 is 0 Å². The van der Waals surface area contributed by atoms with Crippen LogP contribution in [0.3, 0.4) is 0 Å². The van der Waals surface area contributed by atoms with Gasteiger partial charge in [-0.25, -0.2) is 9.78 Å². The average Bonchev–Trinajstić information content (AvgIpc) is 2.94. The Morgan fingerprint density at radius 3 is 2.73 bits per heavy atom. The Morgan fingerprint density at radius 2 is 2.09 bits per heavy atom. The van der Waals surface area contributed by atoms with Crippen molar-refractivity contribution in [3.63, 3.8) is 0 Å². The number of aromatic nitrogens is 3. The molecule has 3 N–H and O–H groups in total. The van der Waals surface area contributed by atoms with Crippen LogP contribution in [-0.4, -0.2) is 47.5 Å². The van der Waals surface area contributed by atoms with Gasteiger partial charge < -0.3 is 15.0 Å². The first-order valence-electron chi connectivity index (χ1n) is 7.09. The maximum Gasteiger partial charge on any atom is 0.324 e. The maximum absolute atomic E-state index is 11.9. The molecule has 0 spiro atoms. The Morgan fingerprint density at radius 1 is 1.27 bits per heavy atom. The van der Waals surface area contributed by atoms with Crippen LogP contribution in [0.1, 0.15) is 5.56 Å².